The second kappa shape index (κ2) is 8.51. The molecule has 0 saturated carbocycles. The Morgan fingerprint density at radius 2 is 2.14 bits per heavy atom. The zero-order valence-electron chi connectivity index (χ0n) is 11.9. The molecule has 0 aromatic carbocycles. The Labute approximate surface area is 127 Å². The first kappa shape index (κ1) is 18.1. The molecule has 0 spiro atoms. The smallest absolute Gasteiger partial charge is 0.403 e. The number of nitrogens with zero attached hydrogens (tertiary/aromatic N) is 1. The Balaban J connectivity index is 2.75. The van der Waals surface area contributed by atoms with Crippen molar-refractivity contribution in [3.05, 3.63) is 28.0 Å². The van der Waals surface area contributed by atoms with E-state index in [1.165, 1.54) is 12.1 Å². The van der Waals surface area contributed by atoms with Gasteiger partial charge in [0.15, 0.2) is 0 Å². The highest BCUT2D eigenvalue weighted by molar-refractivity contribution is 7.54. The van der Waals surface area contributed by atoms with Crippen LogP contribution in [0.3, 0.4) is 0 Å². The Hall–Kier alpha value is -0.920. The van der Waals surface area contributed by atoms with E-state index in [4.69, 9.17) is 20.5 Å². The standard InChI is InChI=1S/C11H19ClN3O5P/c1-3-7-13-21(18,14-8-6-12)20-9(2)10-4-5-11(19-10)15(16)17/h4-5,9H,3,6-8H2,1-2H3,(H2,13,14,18). The lowest BCUT2D eigenvalue weighted by molar-refractivity contribution is -0.402. The van der Waals surface area contributed by atoms with Crippen molar-refractivity contribution in [2.75, 3.05) is 19.0 Å². The molecule has 2 unspecified atom stereocenters. The van der Waals surface area contributed by atoms with Gasteiger partial charge in [0, 0.05) is 19.0 Å². The van der Waals surface area contributed by atoms with Gasteiger partial charge in [-0.1, -0.05) is 6.92 Å². The molecule has 0 saturated heterocycles. The molecule has 0 amide bonds. The molecule has 0 bridgehead atoms. The first-order chi connectivity index (χ1) is 9.91. The largest absolute Gasteiger partial charge is 0.433 e. The van der Waals surface area contributed by atoms with Crippen LogP contribution >= 0.6 is 19.3 Å². The fourth-order valence-electron chi connectivity index (χ4n) is 1.51. The molecule has 1 rings (SSSR count). The maximum Gasteiger partial charge on any atom is 0.433 e. The monoisotopic (exact) mass is 339 g/mol. The number of hydrogen-bond acceptors (Lipinski definition) is 5. The number of nitrogens with one attached hydrogen (secondary N) is 2. The molecular weight excluding hydrogens is 321 g/mol. The molecule has 1 aromatic rings. The van der Waals surface area contributed by atoms with E-state index in [1.54, 1.807) is 6.92 Å². The van der Waals surface area contributed by atoms with Crippen molar-refractivity contribution in [2.24, 2.45) is 0 Å². The summed E-state index contributed by atoms with van der Waals surface area (Å²) in [6.45, 7) is 4.33. The first-order valence-electron chi connectivity index (χ1n) is 6.50. The summed E-state index contributed by atoms with van der Waals surface area (Å²) in [5, 5.41) is 16.1. The van der Waals surface area contributed by atoms with Gasteiger partial charge in [-0.15, -0.1) is 11.6 Å². The van der Waals surface area contributed by atoms with E-state index in [1.807, 2.05) is 6.92 Å². The highest BCUT2D eigenvalue weighted by Gasteiger charge is 2.27. The van der Waals surface area contributed by atoms with Crippen molar-refractivity contribution in [2.45, 2.75) is 26.4 Å². The normalized spacial score (nSPS) is 15.6. The molecule has 10 heteroatoms. The van der Waals surface area contributed by atoms with Gasteiger partial charge in [-0.2, -0.15) is 0 Å². The van der Waals surface area contributed by atoms with Crippen LogP contribution in [0.15, 0.2) is 16.5 Å². The van der Waals surface area contributed by atoms with Gasteiger partial charge in [0.1, 0.15) is 16.8 Å². The molecular formula is C11H19ClN3O5P. The van der Waals surface area contributed by atoms with Crippen LogP contribution in [0.1, 0.15) is 32.1 Å². The van der Waals surface area contributed by atoms with Crippen LogP contribution < -0.4 is 10.2 Å². The summed E-state index contributed by atoms with van der Waals surface area (Å²) in [5.41, 5.74) is 0. The molecule has 0 aliphatic rings. The molecule has 0 radical (unpaired) electrons. The zero-order chi connectivity index (χ0) is 15.9. The third-order valence-corrected chi connectivity index (χ3v) is 4.57. The fraction of sp³-hybridized carbons (Fsp3) is 0.636. The van der Waals surface area contributed by atoms with E-state index in [-0.39, 0.29) is 17.5 Å². The maximum absolute atomic E-state index is 12.6. The number of alkyl halides is 1. The molecule has 0 aliphatic carbocycles. The second-order valence-corrected chi connectivity index (χ2v) is 6.56. The highest BCUT2D eigenvalue weighted by Crippen LogP contribution is 2.43. The van der Waals surface area contributed by atoms with Crippen LogP contribution in [0, 0.1) is 10.1 Å². The Morgan fingerprint density at radius 1 is 1.48 bits per heavy atom. The summed E-state index contributed by atoms with van der Waals surface area (Å²) in [5.74, 6) is 0.125. The van der Waals surface area contributed by atoms with Crippen LogP contribution in [0.2, 0.25) is 0 Å². The van der Waals surface area contributed by atoms with Crippen molar-refractivity contribution in [1.82, 2.24) is 10.2 Å². The number of furan rings is 1. The van der Waals surface area contributed by atoms with Crippen LogP contribution in [0.25, 0.3) is 0 Å². The van der Waals surface area contributed by atoms with Crippen LogP contribution in [0.5, 0.6) is 0 Å². The lowest BCUT2D eigenvalue weighted by atomic mass is 10.3. The Kier molecular flexibility index (Phi) is 7.34. The van der Waals surface area contributed by atoms with Gasteiger partial charge < -0.3 is 4.42 Å². The van der Waals surface area contributed by atoms with Gasteiger partial charge in [-0.25, -0.2) is 10.2 Å². The van der Waals surface area contributed by atoms with Crippen molar-refractivity contribution in [3.63, 3.8) is 0 Å². The number of rotatable bonds is 10. The minimum Gasteiger partial charge on any atom is -0.403 e. The fourth-order valence-corrected chi connectivity index (χ4v) is 3.47. The minimum atomic E-state index is -3.30. The number of halogens is 1. The van der Waals surface area contributed by atoms with Gasteiger partial charge in [-0.05, 0) is 19.4 Å². The molecule has 2 N–H and O–H groups in total. The van der Waals surface area contributed by atoms with E-state index >= 15 is 0 Å². The van der Waals surface area contributed by atoms with Gasteiger partial charge in [-0.3, -0.25) is 19.2 Å². The van der Waals surface area contributed by atoms with Crippen LogP contribution in [-0.4, -0.2) is 23.9 Å². The second-order valence-electron chi connectivity index (χ2n) is 4.24. The summed E-state index contributed by atoms with van der Waals surface area (Å²) < 4.78 is 23.1. The maximum atomic E-state index is 12.6. The predicted molar refractivity (Wildman–Crippen MR) is 79.5 cm³/mol. The highest BCUT2D eigenvalue weighted by atomic mass is 35.5. The third-order valence-electron chi connectivity index (χ3n) is 2.48. The molecule has 0 fully saturated rings. The molecule has 21 heavy (non-hydrogen) atoms. The quantitative estimate of drug-likeness (QED) is 0.292. The average molecular weight is 340 g/mol. The summed E-state index contributed by atoms with van der Waals surface area (Å²) in [6, 6.07) is 2.65. The Bertz CT molecular complexity index is 498. The van der Waals surface area contributed by atoms with Gasteiger partial charge >= 0.3 is 13.6 Å². The summed E-state index contributed by atoms with van der Waals surface area (Å²) >= 11 is 5.57. The zero-order valence-corrected chi connectivity index (χ0v) is 13.5. The van der Waals surface area contributed by atoms with E-state index in [2.05, 4.69) is 10.2 Å². The van der Waals surface area contributed by atoms with Crippen molar-refractivity contribution >= 4 is 25.2 Å². The Morgan fingerprint density at radius 3 is 2.67 bits per heavy atom. The average Bonchev–Trinajstić information content (AvgIpc) is 2.93. The summed E-state index contributed by atoms with van der Waals surface area (Å²) in [6.07, 6.45) is 0.0629. The summed E-state index contributed by atoms with van der Waals surface area (Å²) in [4.78, 5) is 9.94. The third kappa shape index (κ3) is 5.76. The van der Waals surface area contributed by atoms with Crippen molar-refractivity contribution < 1.29 is 18.4 Å². The molecule has 2 atom stereocenters. The van der Waals surface area contributed by atoms with Crippen molar-refractivity contribution in [1.29, 1.82) is 0 Å². The van der Waals surface area contributed by atoms with E-state index in [0.29, 0.717) is 13.1 Å². The van der Waals surface area contributed by atoms with E-state index < -0.39 is 18.7 Å². The van der Waals surface area contributed by atoms with Crippen molar-refractivity contribution in [3.8, 4) is 0 Å². The SMILES string of the molecule is CCCNP(=O)(NCCCl)OC(C)c1ccc([N+](=O)[O-])o1. The molecule has 1 heterocycles. The number of hydrogen-bond donors (Lipinski definition) is 2. The molecule has 1 aromatic heterocycles. The minimum absolute atomic E-state index is 0.230. The predicted octanol–water partition coefficient (Wildman–Crippen LogP) is 3.20. The van der Waals surface area contributed by atoms with Gasteiger partial charge in [0.2, 0.25) is 0 Å². The first-order valence-corrected chi connectivity index (χ1v) is 8.66. The number of nitro groups is 1. The topological polar surface area (TPSA) is 107 Å². The van der Waals surface area contributed by atoms with Gasteiger partial charge in [0.25, 0.3) is 0 Å². The van der Waals surface area contributed by atoms with Crippen LogP contribution in [-0.2, 0) is 9.09 Å². The molecule has 8 nitrogen and oxygen atoms in total. The van der Waals surface area contributed by atoms with E-state index in [9.17, 15) is 14.7 Å². The molecule has 0 aliphatic heterocycles. The molecule has 120 valence electrons. The van der Waals surface area contributed by atoms with E-state index in [0.717, 1.165) is 6.42 Å². The summed E-state index contributed by atoms with van der Waals surface area (Å²) in [7, 11) is -3.30. The van der Waals surface area contributed by atoms with Crippen LogP contribution in [0.4, 0.5) is 5.88 Å². The lowest BCUT2D eigenvalue weighted by Crippen LogP contribution is -2.27. The lowest BCUT2D eigenvalue weighted by Gasteiger charge is -2.22. The van der Waals surface area contributed by atoms with Gasteiger partial charge in [0.05, 0.1) is 6.07 Å².